The Hall–Kier alpha value is -1.83. The summed E-state index contributed by atoms with van der Waals surface area (Å²) in [5, 5.41) is 8.68. The molecule has 0 saturated heterocycles. The van der Waals surface area contributed by atoms with E-state index in [0.717, 1.165) is 23.7 Å². The summed E-state index contributed by atoms with van der Waals surface area (Å²) in [7, 11) is 0. The zero-order chi connectivity index (χ0) is 14.4. The van der Waals surface area contributed by atoms with Crippen LogP contribution in [0.1, 0.15) is 16.7 Å². The zero-order valence-corrected chi connectivity index (χ0v) is 12.1. The van der Waals surface area contributed by atoms with Crippen LogP contribution in [0.4, 0.5) is 10.1 Å². The minimum absolute atomic E-state index is 0.121. The largest absolute Gasteiger partial charge is 0.384 e. The van der Waals surface area contributed by atoms with E-state index < -0.39 is 0 Å². The number of anilines is 1. The highest BCUT2D eigenvalue weighted by atomic mass is 32.1. The molecule has 0 unspecified atom stereocenters. The fourth-order valence-electron chi connectivity index (χ4n) is 1.88. The van der Waals surface area contributed by atoms with E-state index >= 15 is 0 Å². The van der Waals surface area contributed by atoms with E-state index in [1.807, 2.05) is 12.1 Å². The zero-order valence-electron chi connectivity index (χ0n) is 11.3. The van der Waals surface area contributed by atoms with Crippen molar-refractivity contribution in [2.45, 2.75) is 13.5 Å². The van der Waals surface area contributed by atoms with Gasteiger partial charge in [-0.05, 0) is 43.3 Å². The maximum Gasteiger partial charge on any atom is 0.123 e. The predicted molar refractivity (Wildman–Crippen MR) is 81.4 cm³/mol. The number of halogens is 1. The molecule has 0 radical (unpaired) electrons. The van der Waals surface area contributed by atoms with Crippen molar-refractivity contribution in [3.8, 4) is 11.8 Å². The Morgan fingerprint density at radius 2 is 1.95 bits per heavy atom. The number of aliphatic hydroxyl groups excluding tert-OH is 1. The number of hydrogen-bond donors (Lipinski definition) is 1. The van der Waals surface area contributed by atoms with Gasteiger partial charge in [-0.3, -0.25) is 0 Å². The Balaban J connectivity index is 2.10. The highest BCUT2D eigenvalue weighted by Crippen LogP contribution is 2.22. The first-order valence-electron chi connectivity index (χ1n) is 6.42. The van der Waals surface area contributed by atoms with E-state index in [4.69, 9.17) is 5.11 Å². The van der Waals surface area contributed by atoms with Gasteiger partial charge in [0.05, 0.1) is 11.4 Å². The van der Waals surface area contributed by atoms with Crippen molar-refractivity contribution in [3.63, 3.8) is 0 Å². The molecule has 0 aliphatic rings. The van der Waals surface area contributed by atoms with Crippen molar-refractivity contribution in [3.05, 3.63) is 52.0 Å². The van der Waals surface area contributed by atoms with Gasteiger partial charge in [-0.15, -0.1) is 11.3 Å². The molecule has 0 aliphatic heterocycles. The minimum Gasteiger partial charge on any atom is -0.384 e. The van der Waals surface area contributed by atoms with Crippen LogP contribution in [0.15, 0.2) is 36.4 Å². The molecule has 4 heteroatoms. The van der Waals surface area contributed by atoms with E-state index in [2.05, 4.69) is 23.7 Å². The molecule has 0 bridgehead atoms. The molecule has 104 valence electrons. The van der Waals surface area contributed by atoms with Crippen LogP contribution in [-0.2, 0) is 6.54 Å². The summed E-state index contributed by atoms with van der Waals surface area (Å²) in [5.74, 6) is 5.33. The molecule has 1 aromatic carbocycles. The molecule has 1 aromatic heterocycles. The number of benzene rings is 1. The summed E-state index contributed by atoms with van der Waals surface area (Å²) >= 11 is 1.61. The van der Waals surface area contributed by atoms with Crippen LogP contribution >= 0.6 is 11.3 Å². The summed E-state index contributed by atoms with van der Waals surface area (Å²) in [6, 6.07) is 10.5. The quantitative estimate of drug-likeness (QED) is 0.873. The van der Waals surface area contributed by atoms with Crippen molar-refractivity contribution in [2.24, 2.45) is 0 Å². The van der Waals surface area contributed by atoms with Crippen LogP contribution in [0.25, 0.3) is 0 Å². The van der Waals surface area contributed by atoms with Gasteiger partial charge in [-0.1, -0.05) is 11.8 Å². The Morgan fingerprint density at radius 1 is 1.20 bits per heavy atom. The standard InChI is InChI=1S/C16H16FNOS/c1-2-18(14-7-5-13(17)6-8-14)12-16-10-9-15(20-16)4-3-11-19/h5-10,19H,2,11-12H2,1H3. The molecule has 0 fully saturated rings. The molecule has 0 atom stereocenters. The van der Waals surface area contributed by atoms with Gasteiger partial charge in [0.15, 0.2) is 0 Å². The number of thiophene rings is 1. The lowest BCUT2D eigenvalue weighted by Crippen LogP contribution is -2.21. The van der Waals surface area contributed by atoms with Crippen LogP contribution in [-0.4, -0.2) is 18.3 Å². The van der Waals surface area contributed by atoms with E-state index in [1.54, 1.807) is 23.5 Å². The number of nitrogens with zero attached hydrogens (tertiary/aromatic N) is 1. The first kappa shape index (κ1) is 14.6. The molecule has 0 aliphatic carbocycles. The lowest BCUT2D eigenvalue weighted by molar-refractivity contribution is 0.350. The van der Waals surface area contributed by atoms with Crippen molar-refractivity contribution in [1.82, 2.24) is 0 Å². The molecular weight excluding hydrogens is 273 g/mol. The monoisotopic (exact) mass is 289 g/mol. The summed E-state index contributed by atoms with van der Waals surface area (Å²) in [6.07, 6.45) is 0. The van der Waals surface area contributed by atoms with Gasteiger partial charge in [-0.2, -0.15) is 0 Å². The third-order valence-electron chi connectivity index (χ3n) is 2.87. The lowest BCUT2D eigenvalue weighted by Gasteiger charge is -2.22. The van der Waals surface area contributed by atoms with Gasteiger partial charge < -0.3 is 10.0 Å². The first-order chi connectivity index (χ1) is 9.72. The van der Waals surface area contributed by atoms with Gasteiger partial charge in [0, 0.05) is 17.1 Å². The van der Waals surface area contributed by atoms with Crippen LogP contribution in [0, 0.1) is 17.7 Å². The molecule has 2 nitrogen and oxygen atoms in total. The van der Waals surface area contributed by atoms with E-state index in [9.17, 15) is 4.39 Å². The fourth-order valence-corrected chi connectivity index (χ4v) is 2.78. The van der Waals surface area contributed by atoms with Gasteiger partial charge in [-0.25, -0.2) is 4.39 Å². The van der Waals surface area contributed by atoms with Crippen LogP contribution < -0.4 is 4.90 Å². The Bertz CT molecular complexity index is 609. The molecule has 2 rings (SSSR count). The summed E-state index contributed by atoms with van der Waals surface area (Å²) in [6.45, 7) is 3.57. The molecule has 1 N–H and O–H groups in total. The van der Waals surface area contributed by atoms with E-state index in [0.29, 0.717) is 0 Å². The Kier molecular flexibility index (Phi) is 5.16. The SMILES string of the molecule is CCN(Cc1ccc(C#CCO)s1)c1ccc(F)cc1. The fraction of sp³-hybridized carbons (Fsp3) is 0.250. The topological polar surface area (TPSA) is 23.5 Å². The van der Waals surface area contributed by atoms with Gasteiger partial charge >= 0.3 is 0 Å². The second-order valence-corrected chi connectivity index (χ2v) is 5.38. The average molecular weight is 289 g/mol. The highest BCUT2D eigenvalue weighted by molar-refractivity contribution is 7.12. The predicted octanol–water partition coefficient (Wildman–Crippen LogP) is 3.26. The normalized spacial score (nSPS) is 9.95. The second-order valence-electron chi connectivity index (χ2n) is 4.22. The molecular formula is C16H16FNOS. The maximum absolute atomic E-state index is 13.0. The third kappa shape index (κ3) is 3.83. The van der Waals surface area contributed by atoms with Gasteiger partial charge in [0.25, 0.3) is 0 Å². The highest BCUT2D eigenvalue weighted by Gasteiger charge is 2.07. The maximum atomic E-state index is 13.0. The molecule has 0 saturated carbocycles. The van der Waals surface area contributed by atoms with Crippen molar-refractivity contribution < 1.29 is 9.50 Å². The van der Waals surface area contributed by atoms with Gasteiger partial charge in [0.2, 0.25) is 0 Å². The van der Waals surface area contributed by atoms with Crippen molar-refractivity contribution in [1.29, 1.82) is 0 Å². The lowest BCUT2D eigenvalue weighted by atomic mass is 10.2. The molecule has 0 amide bonds. The Labute approximate surface area is 122 Å². The summed E-state index contributed by atoms with van der Waals surface area (Å²) in [5.41, 5.74) is 1.00. The number of rotatable bonds is 4. The van der Waals surface area contributed by atoms with Gasteiger partial charge in [0.1, 0.15) is 12.4 Å². The average Bonchev–Trinajstić information content (AvgIpc) is 2.91. The minimum atomic E-state index is -0.220. The summed E-state index contributed by atoms with van der Waals surface area (Å²) < 4.78 is 13.0. The Morgan fingerprint density at radius 3 is 2.60 bits per heavy atom. The van der Waals surface area contributed by atoms with Crippen molar-refractivity contribution in [2.75, 3.05) is 18.1 Å². The first-order valence-corrected chi connectivity index (χ1v) is 7.23. The molecule has 0 spiro atoms. The summed E-state index contributed by atoms with van der Waals surface area (Å²) in [4.78, 5) is 4.32. The third-order valence-corrected chi connectivity index (χ3v) is 3.86. The van der Waals surface area contributed by atoms with Crippen LogP contribution in [0.2, 0.25) is 0 Å². The number of aliphatic hydroxyl groups is 1. The number of hydrogen-bond acceptors (Lipinski definition) is 3. The van der Waals surface area contributed by atoms with E-state index in [1.165, 1.54) is 17.0 Å². The molecule has 20 heavy (non-hydrogen) atoms. The van der Waals surface area contributed by atoms with Crippen molar-refractivity contribution >= 4 is 17.0 Å². The molecule has 1 heterocycles. The second kappa shape index (κ2) is 7.09. The molecule has 2 aromatic rings. The smallest absolute Gasteiger partial charge is 0.123 e. The van der Waals surface area contributed by atoms with Crippen LogP contribution in [0.5, 0.6) is 0 Å². The van der Waals surface area contributed by atoms with Crippen LogP contribution in [0.3, 0.4) is 0 Å². The van der Waals surface area contributed by atoms with E-state index in [-0.39, 0.29) is 12.4 Å².